The fraction of sp³-hybridized carbons (Fsp3) is 0.476. The summed E-state index contributed by atoms with van der Waals surface area (Å²) >= 11 is 0. The van der Waals surface area contributed by atoms with Gasteiger partial charge in [0.25, 0.3) is 0 Å². The minimum absolute atomic E-state index is 0.355. The lowest BCUT2D eigenvalue weighted by molar-refractivity contribution is 0.105. The minimum Gasteiger partial charge on any atom is -0.490 e. The van der Waals surface area contributed by atoms with Crippen LogP contribution in [0, 0.1) is 18.8 Å². The molecule has 1 aliphatic carbocycles. The molecule has 1 heterocycles. The van der Waals surface area contributed by atoms with Gasteiger partial charge in [0.1, 0.15) is 5.75 Å². The Kier molecular flexibility index (Phi) is 5.73. The van der Waals surface area contributed by atoms with Crippen molar-refractivity contribution in [2.24, 2.45) is 11.8 Å². The monoisotopic (exact) mass is 324 g/mol. The van der Waals surface area contributed by atoms with Gasteiger partial charge in [0, 0.05) is 24.6 Å². The van der Waals surface area contributed by atoms with E-state index in [2.05, 4.69) is 48.4 Å². The highest BCUT2D eigenvalue weighted by atomic mass is 16.5. The molecule has 1 fully saturated rings. The summed E-state index contributed by atoms with van der Waals surface area (Å²) in [5, 5.41) is 3.53. The van der Waals surface area contributed by atoms with Gasteiger partial charge in [0.15, 0.2) is 0 Å². The van der Waals surface area contributed by atoms with Crippen molar-refractivity contribution >= 4 is 5.69 Å². The number of anilines is 1. The first-order valence-electron chi connectivity index (χ1n) is 9.08. The molecule has 1 aromatic carbocycles. The van der Waals surface area contributed by atoms with E-state index in [1.54, 1.807) is 0 Å². The van der Waals surface area contributed by atoms with Crippen molar-refractivity contribution in [3.05, 3.63) is 54.4 Å². The molecular formula is C21H28N2O. The van der Waals surface area contributed by atoms with Gasteiger partial charge < -0.3 is 10.1 Å². The fourth-order valence-corrected chi connectivity index (χ4v) is 3.60. The Bertz CT molecular complexity index is 629. The highest BCUT2D eigenvalue weighted by Gasteiger charge is 2.27. The molecule has 3 nitrogen and oxygen atoms in total. The maximum atomic E-state index is 6.25. The van der Waals surface area contributed by atoms with Crippen LogP contribution in [0.5, 0.6) is 5.75 Å². The highest BCUT2D eigenvalue weighted by Crippen LogP contribution is 2.32. The van der Waals surface area contributed by atoms with Crippen molar-refractivity contribution in [3.8, 4) is 5.75 Å². The van der Waals surface area contributed by atoms with Gasteiger partial charge in [0.05, 0.1) is 6.10 Å². The summed E-state index contributed by atoms with van der Waals surface area (Å²) < 4.78 is 6.25. The Morgan fingerprint density at radius 3 is 2.83 bits per heavy atom. The van der Waals surface area contributed by atoms with E-state index < -0.39 is 0 Å². The molecule has 24 heavy (non-hydrogen) atoms. The van der Waals surface area contributed by atoms with Crippen LogP contribution in [-0.2, 0) is 0 Å². The first kappa shape index (κ1) is 16.8. The van der Waals surface area contributed by atoms with Crippen molar-refractivity contribution in [1.82, 2.24) is 4.98 Å². The van der Waals surface area contributed by atoms with E-state index in [0.29, 0.717) is 12.0 Å². The molecular weight excluding hydrogens is 296 g/mol. The van der Waals surface area contributed by atoms with Crippen molar-refractivity contribution < 1.29 is 4.74 Å². The van der Waals surface area contributed by atoms with E-state index in [9.17, 15) is 0 Å². The van der Waals surface area contributed by atoms with E-state index in [-0.39, 0.29) is 0 Å². The van der Waals surface area contributed by atoms with Crippen LogP contribution in [0.3, 0.4) is 0 Å². The summed E-state index contributed by atoms with van der Waals surface area (Å²) in [6.45, 7) is 5.48. The molecule has 1 aromatic heterocycles. The number of aryl methyl sites for hydroxylation is 1. The number of ether oxygens (including phenoxy) is 1. The van der Waals surface area contributed by atoms with Gasteiger partial charge in [-0.15, -0.1) is 0 Å². The molecule has 0 spiro atoms. The van der Waals surface area contributed by atoms with E-state index in [1.807, 2.05) is 24.5 Å². The Balaban J connectivity index is 1.51. The third kappa shape index (κ3) is 4.73. The average molecular weight is 324 g/mol. The predicted molar refractivity (Wildman–Crippen MR) is 99.4 cm³/mol. The molecule has 0 saturated heterocycles. The molecule has 1 saturated carbocycles. The van der Waals surface area contributed by atoms with Crippen molar-refractivity contribution in [2.45, 2.75) is 45.6 Å². The van der Waals surface area contributed by atoms with Gasteiger partial charge in [-0.1, -0.05) is 19.1 Å². The third-order valence-electron chi connectivity index (χ3n) is 5.07. The third-order valence-corrected chi connectivity index (χ3v) is 5.07. The van der Waals surface area contributed by atoms with Crippen molar-refractivity contribution in [2.75, 3.05) is 11.9 Å². The molecule has 0 aliphatic heterocycles. The van der Waals surface area contributed by atoms with Crippen LogP contribution >= 0.6 is 0 Å². The Morgan fingerprint density at radius 2 is 2.04 bits per heavy atom. The zero-order valence-electron chi connectivity index (χ0n) is 14.7. The molecule has 2 aromatic rings. The van der Waals surface area contributed by atoms with Crippen LogP contribution < -0.4 is 10.1 Å². The Labute approximate surface area is 145 Å². The number of nitrogens with one attached hydrogen (secondary N) is 1. The number of benzene rings is 1. The lowest BCUT2D eigenvalue weighted by Gasteiger charge is -2.33. The molecule has 0 radical (unpaired) electrons. The predicted octanol–water partition coefficient (Wildman–Crippen LogP) is 5.08. The Hall–Kier alpha value is -2.03. The molecule has 128 valence electrons. The second-order valence-corrected chi connectivity index (χ2v) is 7.08. The Morgan fingerprint density at radius 1 is 1.21 bits per heavy atom. The van der Waals surface area contributed by atoms with Gasteiger partial charge in [-0.05, 0) is 74.3 Å². The van der Waals surface area contributed by atoms with Gasteiger partial charge in [-0.25, -0.2) is 0 Å². The fourth-order valence-electron chi connectivity index (χ4n) is 3.60. The number of aromatic nitrogens is 1. The lowest BCUT2D eigenvalue weighted by Crippen LogP contribution is -2.31. The van der Waals surface area contributed by atoms with Crippen molar-refractivity contribution in [1.29, 1.82) is 0 Å². The normalized spacial score (nSPS) is 21.9. The van der Waals surface area contributed by atoms with Gasteiger partial charge >= 0.3 is 0 Å². The number of hydrogen-bond acceptors (Lipinski definition) is 3. The summed E-state index contributed by atoms with van der Waals surface area (Å²) in [6.07, 6.45) is 8.93. The van der Waals surface area contributed by atoms with Crippen LogP contribution in [0.4, 0.5) is 5.69 Å². The second kappa shape index (κ2) is 8.18. The molecule has 1 unspecified atom stereocenters. The lowest BCUT2D eigenvalue weighted by atomic mass is 9.79. The molecule has 3 atom stereocenters. The summed E-state index contributed by atoms with van der Waals surface area (Å²) in [6, 6.07) is 12.5. The molecule has 0 bridgehead atoms. The number of rotatable bonds is 6. The van der Waals surface area contributed by atoms with Gasteiger partial charge in [-0.2, -0.15) is 0 Å². The summed E-state index contributed by atoms with van der Waals surface area (Å²) in [7, 11) is 0. The van der Waals surface area contributed by atoms with Crippen LogP contribution in [0.25, 0.3) is 0 Å². The van der Waals surface area contributed by atoms with E-state index in [1.165, 1.54) is 24.8 Å². The summed E-state index contributed by atoms with van der Waals surface area (Å²) in [5.74, 6) is 2.38. The van der Waals surface area contributed by atoms with E-state index in [0.717, 1.165) is 30.3 Å². The molecule has 3 heteroatoms. The van der Waals surface area contributed by atoms with Gasteiger partial charge in [-0.3, -0.25) is 4.98 Å². The maximum absolute atomic E-state index is 6.25. The molecule has 3 rings (SSSR count). The smallest absolute Gasteiger partial charge is 0.119 e. The highest BCUT2D eigenvalue weighted by molar-refractivity contribution is 5.40. The maximum Gasteiger partial charge on any atom is 0.119 e. The number of pyridine rings is 1. The van der Waals surface area contributed by atoms with Crippen LogP contribution in [0.1, 0.15) is 38.2 Å². The topological polar surface area (TPSA) is 34.1 Å². The van der Waals surface area contributed by atoms with E-state index in [4.69, 9.17) is 4.74 Å². The number of nitrogens with zero attached hydrogens (tertiary/aromatic N) is 1. The van der Waals surface area contributed by atoms with Crippen LogP contribution in [-0.4, -0.2) is 17.6 Å². The van der Waals surface area contributed by atoms with Crippen LogP contribution in [0.15, 0.2) is 48.8 Å². The second-order valence-electron chi connectivity index (χ2n) is 7.08. The largest absolute Gasteiger partial charge is 0.490 e. The molecule has 0 amide bonds. The zero-order chi connectivity index (χ0) is 16.8. The number of hydrogen-bond donors (Lipinski definition) is 1. The standard InChI is InChI=1S/C21H28N2O/c1-16-5-3-7-20(13-16)24-21-8-4-6-18(14-21)17(2)15-23-19-9-11-22-12-10-19/h3,5,7,9-13,17-18,21H,4,6,8,14-15H2,1-2H3,(H,22,23)/t17?,18-,21+/m0/s1. The average Bonchev–Trinajstić information content (AvgIpc) is 2.61. The first-order valence-corrected chi connectivity index (χ1v) is 9.08. The minimum atomic E-state index is 0.355. The van der Waals surface area contributed by atoms with Crippen molar-refractivity contribution in [3.63, 3.8) is 0 Å². The molecule has 1 N–H and O–H groups in total. The van der Waals surface area contributed by atoms with Gasteiger partial charge in [0.2, 0.25) is 0 Å². The zero-order valence-corrected chi connectivity index (χ0v) is 14.7. The van der Waals surface area contributed by atoms with E-state index >= 15 is 0 Å². The summed E-state index contributed by atoms with van der Waals surface area (Å²) in [5.41, 5.74) is 2.41. The molecule has 1 aliphatic rings. The quantitative estimate of drug-likeness (QED) is 0.805. The van der Waals surface area contributed by atoms with Crippen LogP contribution in [0.2, 0.25) is 0 Å². The summed E-state index contributed by atoms with van der Waals surface area (Å²) in [4.78, 5) is 4.06. The first-order chi connectivity index (χ1) is 11.7. The SMILES string of the molecule is Cc1cccc(O[C@@H]2CCC[C@H](C(C)CNc3ccncc3)C2)c1.